The molecular formula is C15H27IN4O. The summed E-state index contributed by atoms with van der Waals surface area (Å²) in [5.74, 6) is 3.38. The van der Waals surface area contributed by atoms with Crippen molar-refractivity contribution in [3.8, 4) is 0 Å². The van der Waals surface area contributed by atoms with Gasteiger partial charge in [0.25, 0.3) is 0 Å². The number of oxazole rings is 1. The van der Waals surface area contributed by atoms with E-state index in [2.05, 4.69) is 34.0 Å². The van der Waals surface area contributed by atoms with Crippen molar-refractivity contribution >= 4 is 29.9 Å². The van der Waals surface area contributed by atoms with Gasteiger partial charge in [0, 0.05) is 19.6 Å². The molecule has 1 saturated heterocycles. The summed E-state index contributed by atoms with van der Waals surface area (Å²) in [6.07, 6.45) is 2.48. The Morgan fingerprint density at radius 3 is 2.57 bits per heavy atom. The highest BCUT2D eigenvalue weighted by Gasteiger charge is 2.18. The smallest absolute Gasteiger partial charge is 0.216 e. The third-order valence-corrected chi connectivity index (χ3v) is 3.85. The minimum absolute atomic E-state index is 0. The molecule has 6 heteroatoms. The minimum Gasteiger partial charge on any atom is -0.444 e. The molecule has 0 radical (unpaired) electrons. The molecule has 1 N–H and O–H groups in total. The standard InChI is InChI=1S/C15H26N4O.HI/c1-5-16-15(19-8-6-11(2)7-9-19)17-10-14-18-12(3)13(4)20-14;/h11H,5-10H2,1-4H3,(H,16,17);1H. The lowest BCUT2D eigenvalue weighted by Gasteiger charge is -2.32. The number of nitrogens with one attached hydrogen (secondary N) is 1. The normalized spacial score (nSPS) is 16.8. The number of rotatable bonds is 3. The number of aryl methyl sites for hydroxylation is 2. The van der Waals surface area contributed by atoms with Crippen LogP contribution in [0, 0.1) is 19.8 Å². The number of hydrogen-bond acceptors (Lipinski definition) is 3. The van der Waals surface area contributed by atoms with E-state index in [1.807, 2.05) is 13.8 Å². The predicted molar refractivity (Wildman–Crippen MR) is 96.2 cm³/mol. The Hall–Kier alpha value is -0.790. The van der Waals surface area contributed by atoms with Gasteiger partial charge in [-0.1, -0.05) is 6.92 Å². The summed E-state index contributed by atoms with van der Waals surface area (Å²) in [6, 6.07) is 0. The van der Waals surface area contributed by atoms with Gasteiger partial charge in [0.15, 0.2) is 5.96 Å². The molecule has 2 rings (SSSR count). The molecule has 120 valence electrons. The molecule has 0 bridgehead atoms. The van der Waals surface area contributed by atoms with Crippen molar-refractivity contribution in [1.82, 2.24) is 15.2 Å². The molecule has 0 aliphatic carbocycles. The van der Waals surface area contributed by atoms with E-state index in [0.717, 1.165) is 43.0 Å². The van der Waals surface area contributed by atoms with Gasteiger partial charge in [0.2, 0.25) is 5.89 Å². The van der Waals surface area contributed by atoms with Gasteiger partial charge < -0.3 is 14.6 Å². The van der Waals surface area contributed by atoms with E-state index in [0.29, 0.717) is 12.4 Å². The van der Waals surface area contributed by atoms with Gasteiger partial charge in [0.1, 0.15) is 12.3 Å². The van der Waals surface area contributed by atoms with E-state index in [-0.39, 0.29) is 24.0 Å². The Kier molecular flexibility index (Phi) is 7.48. The summed E-state index contributed by atoms with van der Waals surface area (Å²) in [4.78, 5) is 11.4. The molecule has 0 amide bonds. The number of halogens is 1. The van der Waals surface area contributed by atoms with Crippen molar-refractivity contribution in [3.63, 3.8) is 0 Å². The number of hydrogen-bond donors (Lipinski definition) is 1. The van der Waals surface area contributed by atoms with Crippen LogP contribution in [0.5, 0.6) is 0 Å². The average molecular weight is 406 g/mol. The molecule has 0 atom stereocenters. The van der Waals surface area contributed by atoms with Crippen LogP contribution < -0.4 is 5.32 Å². The fourth-order valence-corrected chi connectivity index (χ4v) is 2.40. The molecule has 1 aromatic rings. The molecule has 0 unspecified atom stereocenters. The highest BCUT2D eigenvalue weighted by Crippen LogP contribution is 2.16. The fourth-order valence-electron chi connectivity index (χ4n) is 2.40. The van der Waals surface area contributed by atoms with Crippen molar-refractivity contribution in [2.75, 3.05) is 19.6 Å². The van der Waals surface area contributed by atoms with Crippen molar-refractivity contribution in [2.24, 2.45) is 10.9 Å². The molecule has 0 aromatic carbocycles. The Bertz CT molecular complexity index is 445. The van der Waals surface area contributed by atoms with E-state index in [9.17, 15) is 0 Å². The van der Waals surface area contributed by atoms with Gasteiger partial charge in [-0.05, 0) is 39.5 Å². The zero-order valence-electron chi connectivity index (χ0n) is 13.5. The van der Waals surface area contributed by atoms with Crippen LogP contribution in [-0.2, 0) is 6.54 Å². The van der Waals surface area contributed by atoms with Crippen LogP contribution in [-0.4, -0.2) is 35.5 Å². The van der Waals surface area contributed by atoms with Gasteiger partial charge in [-0.15, -0.1) is 24.0 Å². The van der Waals surface area contributed by atoms with E-state index in [4.69, 9.17) is 4.42 Å². The zero-order valence-corrected chi connectivity index (χ0v) is 15.8. The highest BCUT2D eigenvalue weighted by atomic mass is 127. The number of likely N-dealkylation sites (tertiary alicyclic amines) is 1. The molecule has 1 aromatic heterocycles. The van der Waals surface area contributed by atoms with Gasteiger partial charge in [-0.25, -0.2) is 9.98 Å². The summed E-state index contributed by atoms with van der Waals surface area (Å²) >= 11 is 0. The van der Waals surface area contributed by atoms with Crippen LogP contribution in [0.4, 0.5) is 0 Å². The van der Waals surface area contributed by atoms with Crippen molar-refractivity contribution < 1.29 is 4.42 Å². The second-order valence-electron chi connectivity index (χ2n) is 5.59. The lowest BCUT2D eigenvalue weighted by molar-refractivity contribution is 0.273. The van der Waals surface area contributed by atoms with E-state index < -0.39 is 0 Å². The second kappa shape index (κ2) is 8.60. The lowest BCUT2D eigenvalue weighted by atomic mass is 10.00. The van der Waals surface area contributed by atoms with Gasteiger partial charge >= 0.3 is 0 Å². The first-order valence-corrected chi connectivity index (χ1v) is 7.56. The number of nitrogens with zero attached hydrogens (tertiary/aromatic N) is 3. The first kappa shape index (κ1) is 18.3. The van der Waals surface area contributed by atoms with Gasteiger partial charge in [0.05, 0.1) is 5.69 Å². The Labute approximate surface area is 144 Å². The van der Waals surface area contributed by atoms with E-state index in [1.54, 1.807) is 0 Å². The summed E-state index contributed by atoms with van der Waals surface area (Å²) < 4.78 is 5.58. The van der Waals surface area contributed by atoms with Gasteiger partial charge in [-0.2, -0.15) is 0 Å². The van der Waals surface area contributed by atoms with E-state index >= 15 is 0 Å². The summed E-state index contributed by atoms with van der Waals surface area (Å²) in [7, 11) is 0. The Balaban J connectivity index is 0.00000220. The number of aromatic nitrogens is 1. The zero-order chi connectivity index (χ0) is 14.5. The van der Waals surface area contributed by atoms with Crippen LogP contribution in [0.1, 0.15) is 44.0 Å². The van der Waals surface area contributed by atoms with Crippen LogP contribution in [0.3, 0.4) is 0 Å². The largest absolute Gasteiger partial charge is 0.444 e. The molecule has 5 nitrogen and oxygen atoms in total. The summed E-state index contributed by atoms with van der Waals surface area (Å²) in [6.45, 7) is 11.9. The van der Waals surface area contributed by atoms with Crippen LogP contribution >= 0.6 is 24.0 Å². The summed E-state index contributed by atoms with van der Waals surface area (Å²) in [5.41, 5.74) is 0.951. The average Bonchev–Trinajstić information content (AvgIpc) is 2.75. The van der Waals surface area contributed by atoms with E-state index in [1.165, 1.54) is 12.8 Å². The van der Waals surface area contributed by atoms with Gasteiger partial charge in [-0.3, -0.25) is 0 Å². The molecule has 0 spiro atoms. The minimum atomic E-state index is 0. The summed E-state index contributed by atoms with van der Waals surface area (Å²) in [5, 5.41) is 3.37. The topological polar surface area (TPSA) is 53.7 Å². The van der Waals surface area contributed by atoms with Crippen molar-refractivity contribution in [2.45, 2.75) is 47.1 Å². The lowest BCUT2D eigenvalue weighted by Crippen LogP contribution is -2.45. The number of guanidine groups is 1. The number of aliphatic imine (C=N–C) groups is 1. The molecule has 0 saturated carbocycles. The second-order valence-corrected chi connectivity index (χ2v) is 5.59. The molecule has 21 heavy (non-hydrogen) atoms. The molecule has 1 fully saturated rings. The monoisotopic (exact) mass is 406 g/mol. The molecule has 2 heterocycles. The third kappa shape index (κ3) is 5.16. The van der Waals surface area contributed by atoms with Crippen LogP contribution in [0.15, 0.2) is 9.41 Å². The van der Waals surface area contributed by atoms with Crippen molar-refractivity contribution in [1.29, 1.82) is 0 Å². The van der Waals surface area contributed by atoms with Crippen molar-refractivity contribution in [3.05, 3.63) is 17.3 Å². The predicted octanol–water partition coefficient (Wildman–Crippen LogP) is 3.11. The maximum atomic E-state index is 5.58. The quantitative estimate of drug-likeness (QED) is 0.476. The molecule has 1 aliphatic heterocycles. The highest BCUT2D eigenvalue weighted by molar-refractivity contribution is 14.0. The fraction of sp³-hybridized carbons (Fsp3) is 0.733. The Morgan fingerprint density at radius 2 is 2.05 bits per heavy atom. The molecule has 1 aliphatic rings. The third-order valence-electron chi connectivity index (χ3n) is 3.85. The van der Waals surface area contributed by atoms with Crippen LogP contribution in [0.25, 0.3) is 0 Å². The SMILES string of the molecule is CCNC(=NCc1nc(C)c(C)o1)N1CCC(C)CC1.I. The van der Waals surface area contributed by atoms with Crippen LogP contribution in [0.2, 0.25) is 0 Å². The molecular weight excluding hydrogens is 379 g/mol. The first-order chi connectivity index (χ1) is 9.60. The first-order valence-electron chi connectivity index (χ1n) is 7.56. The maximum Gasteiger partial charge on any atom is 0.216 e. The number of piperidine rings is 1. The maximum absolute atomic E-state index is 5.58. The Morgan fingerprint density at radius 1 is 1.38 bits per heavy atom.